The SMILES string of the molecule is O=Nc1ccc(F)c2ccccc12. The molecule has 0 aliphatic rings. The first-order chi connectivity index (χ1) is 6.33. The number of nitrogens with zero attached hydrogens (tertiary/aromatic N) is 1. The van der Waals surface area contributed by atoms with Crippen molar-refractivity contribution in [1.82, 2.24) is 0 Å². The van der Waals surface area contributed by atoms with Crippen molar-refractivity contribution in [2.45, 2.75) is 0 Å². The Morgan fingerprint density at radius 2 is 1.69 bits per heavy atom. The second-order valence-electron chi connectivity index (χ2n) is 2.70. The molecule has 0 N–H and O–H groups in total. The molecule has 0 aromatic heterocycles. The van der Waals surface area contributed by atoms with Crippen molar-refractivity contribution in [2.24, 2.45) is 5.18 Å². The summed E-state index contributed by atoms with van der Waals surface area (Å²) in [6, 6.07) is 9.40. The predicted octanol–water partition coefficient (Wildman–Crippen LogP) is 3.38. The number of fused-ring (bicyclic) bond motifs is 1. The van der Waals surface area contributed by atoms with Crippen molar-refractivity contribution in [2.75, 3.05) is 0 Å². The van der Waals surface area contributed by atoms with Gasteiger partial charge in [0, 0.05) is 10.8 Å². The number of hydrogen-bond acceptors (Lipinski definition) is 2. The van der Waals surface area contributed by atoms with Gasteiger partial charge in [0.1, 0.15) is 11.5 Å². The zero-order chi connectivity index (χ0) is 9.26. The summed E-state index contributed by atoms with van der Waals surface area (Å²) in [5, 5.41) is 3.81. The van der Waals surface area contributed by atoms with Crippen LogP contribution >= 0.6 is 0 Å². The quantitative estimate of drug-likeness (QED) is 0.611. The normalized spacial score (nSPS) is 10.2. The minimum Gasteiger partial charge on any atom is -0.206 e. The summed E-state index contributed by atoms with van der Waals surface area (Å²) in [4.78, 5) is 10.4. The molecule has 3 heteroatoms. The van der Waals surface area contributed by atoms with E-state index < -0.39 is 0 Å². The van der Waals surface area contributed by atoms with E-state index in [0.717, 1.165) is 0 Å². The van der Waals surface area contributed by atoms with E-state index in [4.69, 9.17) is 0 Å². The van der Waals surface area contributed by atoms with Crippen LogP contribution in [-0.2, 0) is 0 Å². The van der Waals surface area contributed by atoms with Crippen LogP contribution in [0.1, 0.15) is 0 Å². The van der Waals surface area contributed by atoms with Crippen LogP contribution < -0.4 is 0 Å². The average Bonchev–Trinajstić information content (AvgIpc) is 2.19. The van der Waals surface area contributed by atoms with Gasteiger partial charge >= 0.3 is 0 Å². The summed E-state index contributed by atoms with van der Waals surface area (Å²) in [6.45, 7) is 0. The lowest BCUT2D eigenvalue weighted by molar-refractivity contribution is 0.640. The molecule has 0 aliphatic carbocycles. The van der Waals surface area contributed by atoms with Crippen LogP contribution in [0, 0.1) is 10.7 Å². The van der Waals surface area contributed by atoms with Gasteiger partial charge in [-0.2, -0.15) is 0 Å². The Kier molecular flexibility index (Phi) is 1.77. The molecule has 0 unspecified atom stereocenters. The van der Waals surface area contributed by atoms with Crippen molar-refractivity contribution in [3.63, 3.8) is 0 Å². The van der Waals surface area contributed by atoms with E-state index in [0.29, 0.717) is 10.8 Å². The molecule has 0 bridgehead atoms. The van der Waals surface area contributed by atoms with Crippen molar-refractivity contribution < 1.29 is 4.39 Å². The molecule has 13 heavy (non-hydrogen) atoms. The van der Waals surface area contributed by atoms with Gasteiger partial charge in [0.15, 0.2) is 0 Å². The zero-order valence-electron chi connectivity index (χ0n) is 6.70. The fourth-order valence-corrected chi connectivity index (χ4v) is 1.33. The summed E-state index contributed by atoms with van der Waals surface area (Å²) < 4.78 is 13.2. The minimum absolute atomic E-state index is 0.275. The summed E-state index contributed by atoms with van der Waals surface area (Å²) in [5.41, 5.74) is 0.275. The van der Waals surface area contributed by atoms with Crippen molar-refractivity contribution in [3.05, 3.63) is 47.1 Å². The molecule has 0 spiro atoms. The first kappa shape index (κ1) is 7.86. The molecule has 64 valence electrons. The highest BCUT2D eigenvalue weighted by Gasteiger charge is 2.04. The van der Waals surface area contributed by atoms with Crippen LogP contribution in [0.4, 0.5) is 10.1 Å². The molecule has 0 fully saturated rings. The zero-order valence-corrected chi connectivity index (χ0v) is 6.70. The largest absolute Gasteiger partial charge is 0.206 e. The van der Waals surface area contributed by atoms with E-state index in [1.165, 1.54) is 12.1 Å². The van der Waals surface area contributed by atoms with Crippen molar-refractivity contribution in [1.29, 1.82) is 0 Å². The van der Waals surface area contributed by atoms with E-state index >= 15 is 0 Å². The van der Waals surface area contributed by atoms with E-state index in [1.54, 1.807) is 24.3 Å². The summed E-state index contributed by atoms with van der Waals surface area (Å²) in [6.07, 6.45) is 0. The Morgan fingerprint density at radius 1 is 1.00 bits per heavy atom. The van der Waals surface area contributed by atoms with Gasteiger partial charge in [-0.15, -0.1) is 4.91 Å². The van der Waals surface area contributed by atoms with Crippen molar-refractivity contribution in [3.8, 4) is 0 Å². The molecular formula is C10H6FNO. The molecule has 0 aliphatic heterocycles. The fourth-order valence-electron chi connectivity index (χ4n) is 1.33. The lowest BCUT2D eigenvalue weighted by atomic mass is 10.1. The van der Waals surface area contributed by atoms with Crippen LogP contribution in [0.3, 0.4) is 0 Å². The van der Waals surface area contributed by atoms with Gasteiger partial charge in [0.25, 0.3) is 0 Å². The number of nitroso groups, excluding NO2 is 1. The molecule has 2 aromatic rings. The molecule has 0 atom stereocenters. The van der Waals surface area contributed by atoms with Gasteiger partial charge < -0.3 is 0 Å². The molecule has 2 rings (SSSR count). The van der Waals surface area contributed by atoms with E-state index in [2.05, 4.69) is 5.18 Å². The van der Waals surface area contributed by atoms with Gasteiger partial charge in [-0.05, 0) is 17.3 Å². The highest BCUT2D eigenvalue weighted by molar-refractivity contribution is 5.92. The maximum absolute atomic E-state index is 13.2. The van der Waals surface area contributed by atoms with Crippen LogP contribution in [0.25, 0.3) is 10.8 Å². The lowest BCUT2D eigenvalue weighted by Gasteiger charge is -1.99. The minimum atomic E-state index is -0.331. The number of hydrogen-bond donors (Lipinski definition) is 0. The van der Waals surface area contributed by atoms with E-state index in [9.17, 15) is 9.30 Å². The molecule has 0 amide bonds. The highest BCUT2D eigenvalue weighted by atomic mass is 19.1. The number of benzene rings is 2. The summed E-state index contributed by atoms with van der Waals surface area (Å²) >= 11 is 0. The molecule has 2 nitrogen and oxygen atoms in total. The van der Waals surface area contributed by atoms with Crippen molar-refractivity contribution >= 4 is 16.5 Å². The first-order valence-electron chi connectivity index (χ1n) is 3.83. The summed E-state index contributed by atoms with van der Waals surface area (Å²) in [5.74, 6) is -0.331. The van der Waals surface area contributed by atoms with Gasteiger partial charge in [-0.1, -0.05) is 24.3 Å². The van der Waals surface area contributed by atoms with Crippen LogP contribution in [0.15, 0.2) is 41.6 Å². The smallest absolute Gasteiger partial charge is 0.131 e. The fraction of sp³-hybridized carbons (Fsp3) is 0. The Balaban J connectivity index is 2.92. The Bertz CT molecular complexity index is 467. The van der Waals surface area contributed by atoms with Gasteiger partial charge in [0.2, 0.25) is 0 Å². The highest BCUT2D eigenvalue weighted by Crippen LogP contribution is 2.27. The van der Waals surface area contributed by atoms with Crippen LogP contribution in [0.5, 0.6) is 0 Å². The Labute approximate surface area is 74.0 Å². The molecule has 0 heterocycles. The Hall–Kier alpha value is -1.77. The molecule has 0 radical (unpaired) electrons. The maximum Gasteiger partial charge on any atom is 0.131 e. The first-order valence-corrected chi connectivity index (χ1v) is 3.83. The third-order valence-electron chi connectivity index (χ3n) is 1.95. The number of rotatable bonds is 1. The third kappa shape index (κ3) is 1.18. The van der Waals surface area contributed by atoms with Gasteiger partial charge in [-0.25, -0.2) is 4.39 Å². The average molecular weight is 175 g/mol. The van der Waals surface area contributed by atoms with E-state index in [-0.39, 0.29) is 11.5 Å². The van der Waals surface area contributed by atoms with Crippen LogP contribution in [0.2, 0.25) is 0 Å². The lowest BCUT2D eigenvalue weighted by Crippen LogP contribution is -1.78. The maximum atomic E-state index is 13.2. The third-order valence-corrected chi connectivity index (χ3v) is 1.95. The van der Waals surface area contributed by atoms with Gasteiger partial charge in [-0.3, -0.25) is 0 Å². The van der Waals surface area contributed by atoms with E-state index in [1.807, 2.05) is 0 Å². The summed E-state index contributed by atoms with van der Waals surface area (Å²) in [7, 11) is 0. The number of halogens is 1. The second kappa shape index (κ2) is 2.94. The molecule has 2 aromatic carbocycles. The molecule has 0 saturated heterocycles. The second-order valence-corrected chi connectivity index (χ2v) is 2.70. The Morgan fingerprint density at radius 3 is 2.38 bits per heavy atom. The standard InChI is InChI=1S/C10H6FNO/c11-9-5-6-10(12-13)8-4-2-1-3-7(8)9/h1-6H. The molecular weight excluding hydrogens is 169 g/mol. The molecule has 0 saturated carbocycles. The monoisotopic (exact) mass is 175 g/mol. The van der Waals surface area contributed by atoms with Crippen LogP contribution in [-0.4, -0.2) is 0 Å². The van der Waals surface area contributed by atoms with Gasteiger partial charge in [0.05, 0.1) is 0 Å². The topological polar surface area (TPSA) is 29.4 Å². The predicted molar refractivity (Wildman–Crippen MR) is 49.4 cm³/mol.